The first-order valence-corrected chi connectivity index (χ1v) is 13.4. The van der Waals surface area contributed by atoms with Gasteiger partial charge in [0.15, 0.2) is 17.9 Å². The maximum Gasteiger partial charge on any atom is 0.323 e. The first-order valence-electron chi connectivity index (χ1n) is 13.4. The van der Waals surface area contributed by atoms with E-state index < -0.39 is 30.1 Å². The van der Waals surface area contributed by atoms with Gasteiger partial charge in [-0.2, -0.15) is 15.0 Å². The van der Waals surface area contributed by atoms with Gasteiger partial charge in [0.1, 0.15) is 31.0 Å². The summed E-state index contributed by atoms with van der Waals surface area (Å²) in [5, 5.41) is 3.29. The van der Waals surface area contributed by atoms with Crippen molar-refractivity contribution in [2.24, 2.45) is 0 Å². The van der Waals surface area contributed by atoms with Crippen LogP contribution >= 0.6 is 0 Å². The van der Waals surface area contributed by atoms with E-state index in [1.807, 2.05) is 41.5 Å². The largest absolute Gasteiger partial charge is 0.460 e. The van der Waals surface area contributed by atoms with E-state index in [1.54, 1.807) is 0 Å². The lowest BCUT2D eigenvalue weighted by atomic mass is 9.99. The van der Waals surface area contributed by atoms with Crippen molar-refractivity contribution in [1.29, 1.82) is 0 Å². The summed E-state index contributed by atoms with van der Waals surface area (Å²) >= 11 is 0. The maximum atomic E-state index is 6.28. The van der Waals surface area contributed by atoms with E-state index in [2.05, 4.69) is 44.5 Å². The highest BCUT2D eigenvalue weighted by Crippen LogP contribution is 2.44. The molecule has 38 heavy (non-hydrogen) atoms. The van der Waals surface area contributed by atoms with Crippen LogP contribution in [0.2, 0.25) is 0 Å². The normalized spacial score (nSPS) is 31.0. The van der Waals surface area contributed by atoms with Gasteiger partial charge < -0.3 is 38.6 Å². The third-order valence-electron chi connectivity index (χ3n) is 7.06. The predicted molar refractivity (Wildman–Crippen MR) is 138 cm³/mol. The smallest absolute Gasteiger partial charge is 0.323 e. The van der Waals surface area contributed by atoms with E-state index in [-0.39, 0.29) is 30.9 Å². The van der Waals surface area contributed by atoms with Gasteiger partial charge in [0.05, 0.1) is 0 Å². The van der Waals surface area contributed by atoms with Gasteiger partial charge in [-0.15, -0.1) is 0 Å². The van der Waals surface area contributed by atoms with Crippen LogP contribution in [0.25, 0.3) is 0 Å². The molecule has 0 radical (unpaired) electrons. The number of nitrogens with zero attached hydrogens (tertiary/aromatic N) is 4. The van der Waals surface area contributed by atoms with Gasteiger partial charge in [-0.3, -0.25) is 0 Å². The summed E-state index contributed by atoms with van der Waals surface area (Å²) < 4.78 is 37.0. The van der Waals surface area contributed by atoms with Crippen molar-refractivity contribution in [2.75, 3.05) is 23.4 Å². The molecule has 0 bridgehead atoms. The standard InChI is InChI=1S/C27H37N5O6/c1-15(2)28-23-29-24(32-12-11-16-9-7-8-10-17(16)13-32)31-25(30-23)33-14-18-19-20(36-26(3,4)35-19)21-22(34-18)38-27(5,6)37-21/h7-10,15,18-22H,11-14H2,1-6H3,(H,28,29,30,31)/t18-,19+,20+,21-,22-/m1/s1. The van der Waals surface area contributed by atoms with Crippen LogP contribution in [0.5, 0.6) is 6.01 Å². The quantitative estimate of drug-likeness (QED) is 0.599. The molecule has 0 saturated carbocycles. The van der Waals surface area contributed by atoms with Crippen molar-refractivity contribution in [1.82, 2.24) is 15.0 Å². The summed E-state index contributed by atoms with van der Waals surface area (Å²) in [5.74, 6) is -0.510. The summed E-state index contributed by atoms with van der Waals surface area (Å²) in [6, 6.07) is 8.85. The van der Waals surface area contributed by atoms with Crippen molar-refractivity contribution in [2.45, 2.75) is 103 Å². The minimum absolute atomic E-state index is 0.147. The average Bonchev–Trinajstić information content (AvgIpc) is 3.35. The number of hydrogen-bond acceptors (Lipinski definition) is 11. The molecule has 1 aromatic heterocycles. The molecule has 0 aliphatic carbocycles. The molecule has 206 valence electrons. The SMILES string of the molecule is CC(C)Nc1nc(OC[C@H]2O[C@@H]3OC(C)(C)O[C@@H]3[C@H]3OC(C)(C)O[C@H]32)nc(N2CCc3ccccc3C2)n1. The number of hydrogen-bond donors (Lipinski definition) is 1. The highest BCUT2D eigenvalue weighted by atomic mass is 16.9. The summed E-state index contributed by atoms with van der Waals surface area (Å²) in [5.41, 5.74) is 2.64. The number of anilines is 2. The minimum Gasteiger partial charge on any atom is -0.460 e. The van der Waals surface area contributed by atoms with Gasteiger partial charge in [0, 0.05) is 19.1 Å². The lowest BCUT2D eigenvalue weighted by molar-refractivity contribution is -0.238. The summed E-state index contributed by atoms with van der Waals surface area (Å²) in [6.45, 7) is 13.3. The van der Waals surface area contributed by atoms with Gasteiger partial charge in [-0.1, -0.05) is 24.3 Å². The Bertz CT molecular complexity index is 1180. The Morgan fingerprint density at radius 2 is 1.66 bits per heavy atom. The highest BCUT2D eigenvalue weighted by Gasteiger charge is 2.60. The van der Waals surface area contributed by atoms with E-state index >= 15 is 0 Å². The highest BCUT2D eigenvalue weighted by molar-refractivity contribution is 5.43. The molecule has 1 aromatic carbocycles. The average molecular weight is 528 g/mol. The van der Waals surface area contributed by atoms with Crippen LogP contribution < -0.4 is 15.0 Å². The van der Waals surface area contributed by atoms with Crippen LogP contribution in [-0.4, -0.2) is 76.4 Å². The molecule has 0 amide bonds. The number of ether oxygens (including phenoxy) is 6. The van der Waals surface area contributed by atoms with E-state index in [0.717, 1.165) is 19.5 Å². The second kappa shape index (κ2) is 9.56. The molecule has 4 aliphatic heterocycles. The van der Waals surface area contributed by atoms with Gasteiger partial charge >= 0.3 is 6.01 Å². The second-order valence-corrected chi connectivity index (χ2v) is 11.5. The van der Waals surface area contributed by atoms with E-state index in [4.69, 9.17) is 33.4 Å². The Morgan fingerprint density at radius 3 is 2.45 bits per heavy atom. The maximum absolute atomic E-state index is 6.28. The first-order chi connectivity index (χ1) is 18.1. The fraction of sp³-hybridized carbons (Fsp3) is 0.667. The summed E-state index contributed by atoms with van der Waals surface area (Å²) in [6.07, 6.45) is -1.25. The van der Waals surface area contributed by atoms with Gasteiger partial charge in [-0.05, 0) is 59.1 Å². The Balaban J connectivity index is 1.22. The Kier molecular flexibility index (Phi) is 6.47. The van der Waals surface area contributed by atoms with Gasteiger partial charge in [-0.25, -0.2) is 0 Å². The molecular formula is C27H37N5O6. The first kappa shape index (κ1) is 25.7. The molecule has 5 heterocycles. The molecule has 11 heteroatoms. The van der Waals surface area contributed by atoms with E-state index in [9.17, 15) is 0 Å². The minimum atomic E-state index is -0.778. The second-order valence-electron chi connectivity index (χ2n) is 11.5. The zero-order valence-corrected chi connectivity index (χ0v) is 22.8. The fourth-order valence-electron chi connectivity index (χ4n) is 5.53. The molecule has 2 aromatic rings. The van der Waals surface area contributed by atoms with Crippen LogP contribution in [0.4, 0.5) is 11.9 Å². The number of rotatable bonds is 6. The lowest BCUT2D eigenvalue weighted by Gasteiger charge is -2.36. The number of fused-ring (bicyclic) bond motifs is 4. The molecule has 4 aliphatic rings. The van der Waals surface area contributed by atoms with E-state index in [0.29, 0.717) is 11.9 Å². The van der Waals surface area contributed by atoms with Crippen molar-refractivity contribution >= 4 is 11.9 Å². The monoisotopic (exact) mass is 527 g/mol. The molecule has 0 spiro atoms. The summed E-state index contributed by atoms with van der Waals surface area (Å²) in [7, 11) is 0. The van der Waals surface area contributed by atoms with Crippen LogP contribution in [0.15, 0.2) is 24.3 Å². The number of nitrogens with one attached hydrogen (secondary N) is 1. The zero-order valence-electron chi connectivity index (χ0n) is 22.8. The molecule has 5 atom stereocenters. The number of benzene rings is 1. The third-order valence-corrected chi connectivity index (χ3v) is 7.06. The Hall–Kier alpha value is -2.57. The van der Waals surface area contributed by atoms with Crippen LogP contribution in [-0.2, 0) is 36.6 Å². The van der Waals surface area contributed by atoms with Crippen LogP contribution in [0.1, 0.15) is 52.7 Å². The van der Waals surface area contributed by atoms with Gasteiger partial charge in [0.2, 0.25) is 11.9 Å². The Morgan fingerprint density at radius 1 is 0.947 bits per heavy atom. The number of aromatic nitrogens is 3. The summed E-state index contributed by atoms with van der Waals surface area (Å²) in [4.78, 5) is 16.1. The fourth-order valence-corrected chi connectivity index (χ4v) is 5.53. The molecular weight excluding hydrogens is 490 g/mol. The van der Waals surface area contributed by atoms with Crippen molar-refractivity contribution in [3.05, 3.63) is 35.4 Å². The third kappa shape index (κ3) is 5.17. The lowest BCUT2D eigenvalue weighted by Crippen LogP contribution is -2.56. The molecule has 6 rings (SSSR count). The van der Waals surface area contributed by atoms with Crippen molar-refractivity contribution in [3.8, 4) is 6.01 Å². The topological polar surface area (TPSA) is 109 Å². The molecule has 11 nitrogen and oxygen atoms in total. The molecule has 0 unspecified atom stereocenters. The van der Waals surface area contributed by atoms with Crippen LogP contribution in [0.3, 0.4) is 0 Å². The van der Waals surface area contributed by atoms with Crippen LogP contribution in [0, 0.1) is 0 Å². The van der Waals surface area contributed by atoms with Gasteiger partial charge in [0.25, 0.3) is 0 Å². The Labute approximate surface area is 223 Å². The zero-order chi connectivity index (χ0) is 26.7. The van der Waals surface area contributed by atoms with Crippen molar-refractivity contribution in [3.63, 3.8) is 0 Å². The van der Waals surface area contributed by atoms with E-state index in [1.165, 1.54) is 11.1 Å². The molecule has 1 N–H and O–H groups in total. The molecule has 3 saturated heterocycles. The van der Waals surface area contributed by atoms with Crippen molar-refractivity contribution < 1.29 is 28.4 Å². The molecule has 3 fully saturated rings. The predicted octanol–water partition coefficient (Wildman–Crippen LogP) is 3.03.